The van der Waals surface area contributed by atoms with Gasteiger partial charge in [-0.05, 0) is 29.0 Å². The van der Waals surface area contributed by atoms with Crippen molar-refractivity contribution in [2.45, 2.75) is 32.4 Å². The van der Waals surface area contributed by atoms with Crippen LogP contribution in [0.5, 0.6) is 0 Å². The van der Waals surface area contributed by atoms with Gasteiger partial charge in [0.2, 0.25) is 0 Å². The lowest BCUT2D eigenvalue weighted by Crippen LogP contribution is -2.36. The Balaban J connectivity index is 2.08. The summed E-state index contributed by atoms with van der Waals surface area (Å²) in [5.74, 6) is -0.274. The largest absolute Gasteiger partial charge is 0.480 e. The van der Waals surface area contributed by atoms with E-state index in [4.69, 9.17) is 5.11 Å². The minimum absolute atomic E-state index is 0.304. The molecule has 0 saturated carbocycles. The molecule has 1 aromatic carbocycles. The summed E-state index contributed by atoms with van der Waals surface area (Å²) < 4.78 is 1.60. The van der Waals surface area contributed by atoms with E-state index in [0.29, 0.717) is 18.8 Å². The summed E-state index contributed by atoms with van der Waals surface area (Å²) >= 11 is 0. The van der Waals surface area contributed by atoms with Crippen molar-refractivity contribution >= 4 is 5.97 Å². The third-order valence-corrected chi connectivity index (χ3v) is 2.92. The normalized spacial score (nSPS) is 12.2. The monoisotopic (exact) mass is 275 g/mol. The molecule has 0 aliphatic rings. The molecular weight excluding hydrogens is 258 g/mol. The zero-order valence-electron chi connectivity index (χ0n) is 11.2. The molecule has 2 N–H and O–H groups in total. The highest BCUT2D eigenvalue weighted by molar-refractivity contribution is 5.73. The summed E-state index contributed by atoms with van der Waals surface area (Å²) in [5, 5.41) is 23.6. The molecule has 0 aliphatic carbocycles. The minimum atomic E-state index is -0.856. The van der Waals surface area contributed by atoms with Gasteiger partial charge in [-0.1, -0.05) is 31.5 Å². The van der Waals surface area contributed by atoms with Crippen LogP contribution in [0.3, 0.4) is 0 Å². The van der Waals surface area contributed by atoms with Gasteiger partial charge >= 0.3 is 5.97 Å². The number of tetrazole rings is 1. The van der Waals surface area contributed by atoms with Gasteiger partial charge in [-0.3, -0.25) is 10.1 Å². The second-order valence-electron chi connectivity index (χ2n) is 4.40. The van der Waals surface area contributed by atoms with Gasteiger partial charge in [-0.15, -0.1) is 5.10 Å². The summed E-state index contributed by atoms with van der Waals surface area (Å²) in [7, 11) is 0. The fourth-order valence-electron chi connectivity index (χ4n) is 1.90. The Labute approximate surface area is 116 Å². The summed E-state index contributed by atoms with van der Waals surface area (Å²) in [4.78, 5) is 11.1. The molecule has 106 valence electrons. The zero-order chi connectivity index (χ0) is 14.4. The third-order valence-electron chi connectivity index (χ3n) is 2.92. The van der Waals surface area contributed by atoms with Crippen LogP contribution in [0, 0.1) is 0 Å². The smallest absolute Gasteiger partial charge is 0.320 e. The van der Waals surface area contributed by atoms with Crippen LogP contribution in [0.15, 0.2) is 30.3 Å². The molecule has 0 bridgehead atoms. The van der Waals surface area contributed by atoms with E-state index in [2.05, 4.69) is 20.8 Å². The van der Waals surface area contributed by atoms with Gasteiger partial charge in [-0.2, -0.15) is 4.68 Å². The summed E-state index contributed by atoms with van der Waals surface area (Å²) in [6.45, 7) is 2.25. The molecule has 0 amide bonds. The number of benzene rings is 1. The number of para-hydroxylation sites is 1. The number of hydrogen-bond donors (Lipinski definition) is 2. The van der Waals surface area contributed by atoms with E-state index >= 15 is 0 Å². The van der Waals surface area contributed by atoms with Crippen LogP contribution >= 0.6 is 0 Å². The first-order valence-electron chi connectivity index (χ1n) is 6.51. The molecule has 0 spiro atoms. The Morgan fingerprint density at radius 2 is 2.15 bits per heavy atom. The quantitative estimate of drug-likeness (QED) is 0.783. The van der Waals surface area contributed by atoms with Gasteiger partial charge in [0.15, 0.2) is 5.82 Å². The maximum atomic E-state index is 11.1. The fourth-order valence-corrected chi connectivity index (χ4v) is 1.90. The van der Waals surface area contributed by atoms with Crippen LogP contribution in [-0.4, -0.2) is 37.3 Å². The van der Waals surface area contributed by atoms with Crippen molar-refractivity contribution in [1.82, 2.24) is 25.5 Å². The van der Waals surface area contributed by atoms with Gasteiger partial charge in [0.25, 0.3) is 0 Å². The predicted molar refractivity (Wildman–Crippen MR) is 72.3 cm³/mol. The first-order valence-corrected chi connectivity index (χ1v) is 6.51. The lowest BCUT2D eigenvalue weighted by Gasteiger charge is -2.13. The lowest BCUT2D eigenvalue weighted by molar-refractivity contribution is -0.139. The van der Waals surface area contributed by atoms with Gasteiger partial charge in [0.1, 0.15) is 6.04 Å². The Kier molecular flexibility index (Phi) is 4.78. The van der Waals surface area contributed by atoms with E-state index < -0.39 is 12.0 Å². The van der Waals surface area contributed by atoms with Crippen molar-refractivity contribution in [3.63, 3.8) is 0 Å². The number of aromatic nitrogens is 4. The molecule has 0 radical (unpaired) electrons. The number of carboxylic acid groups (broad SMARTS) is 1. The van der Waals surface area contributed by atoms with Crippen LogP contribution in [-0.2, 0) is 11.3 Å². The van der Waals surface area contributed by atoms with E-state index in [1.54, 1.807) is 4.68 Å². The van der Waals surface area contributed by atoms with Crippen molar-refractivity contribution in [2.75, 3.05) is 0 Å². The number of carbonyl (C=O) groups is 1. The second kappa shape index (κ2) is 6.76. The summed E-state index contributed by atoms with van der Waals surface area (Å²) in [6, 6.07) is 8.90. The van der Waals surface area contributed by atoms with Crippen molar-refractivity contribution in [2.24, 2.45) is 0 Å². The molecule has 20 heavy (non-hydrogen) atoms. The van der Waals surface area contributed by atoms with E-state index in [-0.39, 0.29) is 0 Å². The predicted octanol–water partition coefficient (Wildman–Crippen LogP) is 1.01. The molecular formula is C13H17N5O2. The Morgan fingerprint density at radius 3 is 2.80 bits per heavy atom. The van der Waals surface area contributed by atoms with E-state index in [0.717, 1.165) is 12.1 Å². The van der Waals surface area contributed by atoms with Gasteiger partial charge in [0.05, 0.1) is 12.2 Å². The summed E-state index contributed by atoms with van der Waals surface area (Å²) in [6.07, 6.45) is 1.37. The molecule has 0 saturated heterocycles. The lowest BCUT2D eigenvalue weighted by atomic mass is 10.2. The third kappa shape index (κ3) is 3.39. The van der Waals surface area contributed by atoms with Crippen molar-refractivity contribution in [1.29, 1.82) is 0 Å². The SMILES string of the molecule is CCCC(NCc1nnnn1-c1ccccc1)C(=O)O. The van der Waals surface area contributed by atoms with E-state index in [1.807, 2.05) is 37.3 Å². The van der Waals surface area contributed by atoms with Crippen LogP contribution < -0.4 is 5.32 Å². The van der Waals surface area contributed by atoms with E-state index in [9.17, 15) is 4.79 Å². The number of hydrogen-bond acceptors (Lipinski definition) is 5. The van der Waals surface area contributed by atoms with E-state index in [1.165, 1.54) is 0 Å². The molecule has 0 aliphatic heterocycles. The number of aliphatic carboxylic acids is 1. The molecule has 1 heterocycles. The molecule has 2 rings (SSSR count). The first kappa shape index (κ1) is 14.1. The highest BCUT2D eigenvalue weighted by Crippen LogP contribution is 2.07. The summed E-state index contributed by atoms with van der Waals surface area (Å²) in [5.41, 5.74) is 0.844. The van der Waals surface area contributed by atoms with Gasteiger partial charge < -0.3 is 5.11 Å². The van der Waals surface area contributed by atoms with Crippen LogP contribution in [0.1, 0.15) is 25.6 Å². The second-order valence-corrected chi connectivity index (χ2v) is 4.40. The molecule has 2 aromatic rings. The Morgan fingerprint density at radius 1 is 1.40 bits per heavy atom. The molecule has 7 nitrogen and oxygen atoms in total. The zero-order valence-corrected chi connectivity index (χ0v) is 11.2. The van der Waals surface area contributed by atoms with Crippen molar-refractivity contribution < 1.29 is 9.90 Å². The molecule has 1 atom stereocenters. The van der Waals surface area contributed by atoms with Crippen LogP contribution in [0.25, 0.3) is 5.69 Å². The number of nitrogens with one attached hydrogen (secondary N) is 1. The van der Waals surface area contributed by atoms with Crippen LogP contribution in [0.2, 0.25) is 0 Å². The van der Waals surface area contributed by atoms with Crippen LogP contribution in [0.4, 0.5) is 0 Å². The Bertz CT molecular complexity index is 555. The molecule has 1 aromatic heterocycles. The fraction of sp³-hybridized carbons (Fsp3) is 0.385. The average Bonchev–Trinajstić information content (AvgIpc) is 2.92. The topological polar surface area (TPSA) is 92.9 Å². The number of carboxylic acids is 1. The minimum Gasteiger partial charge on any atom is -0.480 e. The maximum absolute atomic E-state index is 11.1. The molecule has 7 heteroatoms. The van der Waals surface area contributed by atoms with Gasteiger partial charge in [-0.25, -0.2) is 0 Å². The highest BCUT2D eigenvalue weighted by atomic mass is 16.4. The standard InChI is InChI=1S/C13H17N5O2/c1-2-6-11(13(19)20)14-9-12-15-16-17-18(12)10-7-4-3-5-8-10/h3-5,7-8,11,14H,2,6,9H2,1H3,(H,19,20). The number of nitrogens with zero attached hydrogens (tertiary/aromatic N) is 4. The van der Waals surface area contributed by atoms with Crippen molar-refractivity contribution in [3.8, 4) is 5.69 Å². The molecule has 0 fully saturated rings. The highest BCUT2D eigenvalue weighted by Gasteiger charge is 2.17. The number of rotatable bonds is 7. The molecule has 1 unspecified atom stereocenters. The first-order chi connectivity index (χ1) is 9.72. The van der Waals surface area contributed by atoms with Gasteiger partial charge in [0, 0.05) is 0 Å². The maximum Gasteiger partial charge on any atom is 0.320 e. The van der Waals surface area contributed by atoms with Crippen molar-refractivity contribution in [3.05, 3.63) is 36.2 Å². The average molecular weight is 275 g/mol. The Hall–Kier alpha value is -2.28.